The summed E-state index contributed by atoms with van der Waals surface area (Å²) in [6, 6.07) is 2.28. The van der Waals surface area contributed by atoms with Crippen molar-refractivity contribution in [1.29, 1.82) is 0 Å². The number of carbonyl (C=O) groups is 1. The molecule has 1 aromatic carbocycles. The lowest BCUT2D eigenvalue weighted by molar-refractivity contribution is -0.137. The number of amides is 2. The number of alkyl halides is 3. The van der Waals surface area contributed by atoms with Gasteiger partial charge >= 0.3 is 12.2 Å². The zero-order chi connectivity index (χ0) is 18.4. The van der Waals surface area contributed by atoms with Crippen molar-refractivity contribution in [3.05, 3.63) is 23.8 Å². The van der Waals surface area contributed by atoms with Crippen LogP contribution < -0.4 is 15.4 Å². The maximum Gasteiger partial charge on any atom is 0.416 e. The molecule has 0 aromatic heterocycles. The van der Waals surface area contributed by atoms with Gasteiger partial charge in [-0.15, -0.1) is 0 Å². The molecule has 2 amide bonds. The molecule has 3 N–H and O–H groups in total. The van der Waals surface area contributed by atoms with Crippen LogP contribution in [0.4, 0.5) is 23.7 Å². The fourth-order valence-corrected chi connectivity index (χ4v) is 1.96. The molecule has 0 aliphatic rings. The minimum atomic E-state index is -4.51. The molecule has 136 valence electrons. The Bertz CT molecular complexity index is 560. The lowest BCUT2D eigenvalue weighted by atomic mass is 9.90. The first-order valence-electron chi connectivity index (χ1n) is 7.59. The SMILES string of the molecule is CCOc1ccc(C(F)(F)F)cc1NC(=O)NCC(C)(C)CCO. The van der Waals surface area contributed by atoms with Gasteiger partial charge in [0.1, 0.15) is 5.75 Å². The van der Waals surface area contributed by atoms with Crippen LogP contribution in [0.5, 0.6) is 5.75 Å². The smallest absolute Gasteiger partial charge is 0.416 e. The maximum absolute atomic E-state index is 12.8. The van der Waals surface area contributed by atoms with Gasteiger partial charge < -0.3 is 20.5 Å². The highest BCUT2D eigenvalue weighted by atomic mass is 19.4. The molecule has 0 aliphatic heterocycles. The van der Waals surface area contributed by atoms with E-state index in [1.54, 1.807) is 6.92 Å². The van der Waals surface area contributed by atoms with Crippen LogP contribution in [0.2, 0.25) is 0 Å². The summed E-state index contributed by atoms with van der Waals surface area (Å²) >= 11 is 0. The predicted octanol–water partition coefficient (Wildman–Crippen LogP) is 3.63. The molecule has 0 aliphatic carbocycles. The van der Waals surface area contributed by atoms with Crippen LogP contribution in [0, 0.1) is 5.41 Å². The van der Waals surface area contributed by atoms with E-state index in [4.69, 9.17) is 9.84 Å². The van der Waals surface area contributed by atoms with Crippen molar-refractivity contribution in [3.63, 3.8) is 0 Å². The standard InChI is InChI=1S/C16H23F3N2O3/c1-4-24-13-6-5-11(16(17,18)19)9-12(13)21-14(23)20-10-15(2,3)7-8-22/h5-6,9,22H,4,7-8,10H2,1-3H3,(H2,20,21,23). The summed E-state index contributed by atoms with van der Waals surface area (Å²) in [6.45, 7) is 5.92. The van der Waals surface area contributed by atoms with Gasteiger partial charge in [0.25, 0.3) is 0 Å². The second kappa shape index (κ2) is 8.23. The minimum Gasteiger partial charge on any atom is -0.492 e. The summed E-state index contributed by atoms with van der Waals surface area (Å²) in [7, 11) is 0. The Labute approximate surface area is 139 Å². The van der Waals surface area contributed by atoms with Gasteiger partial charge in [0.2, 0.25) is 0 Å². The van der Waals surface area contributed by atoms with Crippen molar-refractivity contribution in [2.75, 3.05) is 25.1 Å². The third-order valence-corrected chi connectivity index (χ3v) is 3.37. The molecule has 0 heterocycles. The number of nitrogens with one attached hydrogen (secondary N) is 2. The number of rotatable bonds is 7. The lowest BCUT2D eigenvalue weighted by Crippen LogP contribution is -2.37. The number of aliphatic hydroxyl groups excluding tert-OH is 1. The fourth-order valence-electron chi connectivity index (χ4n) is 1.96. The Morgan fingerprint density at radius 2 is 1.96 bits per heavy atom. The molecule has 0 spiro atoms. The number of ether oxygens (including phenoxy) is 1. The molecule has 0 atom stereocenters. The third kappa shape index (κ3) is 6.27. The quantitative estimate of drug-likeness (QED) is 0.705. The Balaban J connectivity index is 2.85. The monoisotopic (exact) mass is 348 g/mol. The summed E-state index contributed by atoms with van der Waals surface area (Å²) in [5.41, 5.74) is -1.26. The van der Waals surface area contributed by atoms with Crippen molar-refractivity contribution >= 4 is 11.7 Å². The number of halogens is 3. The molecular weight excluding hydrogens is 325 g/mol. The molecule has 0 saturated carbocycles. The van der Waals surface area contributed by atoms with Crippen LogP contribution in [0.15, 0.2) is 18.2 Å². The lowest BCUT2D eigenvalue weighted by Gasteiger charge is -2.24. The van der Waals surface area contributed by atoms with E-state index < -0.39 is 17.8 Å². The zero-order valence-corrected chi connectivity index (χ0v) is 14.0. The third-order valence-electron chi connectivity index (χ3n) is 3.37. The van der Waals surface area contributed by atoms with E-state index in [0.29, 0.717) is 6.42 Å². The number of urea groups is 1. The molecular formula is C16H23F3N2O3. The van der Waals surface area contributed by atoms with Gasteiger partial charge in [-0.3, -0.25) is 0 Å². The van der Waals surface area contributed by atoms with Gasteiger partial charge in [0.05, 0.1) is 17.9 Å². The molecule has 0 radical (unpaired) electrons. The van der Waals surface area contributed by atoms with E-state index in [9.17, 15) is 18.0 Å². The van der Waals surface area contributed by atoms with Crippen LogP contribution in [0.3, 0.4) is 0 Å². The Hall–Kier alpha value is -1.96. The Morgan fingerprint density at radius 1 is 1.29 bits per heavy atom. The summed E-state index contributed by atoms with van der Waals surface area (Å²) < 4.78 is 43.7. The van der Waals surface area contributed by atoms with E-state index in [-0.39, 0.29) is 36.6 Å². The van der Waals surface area contributed by atoms with Gasteiger partial charge in [0.15, 0.2) is 0 Å². The molecule has 0 saturated heterocycles. The molecule has 0 fully saturated rings. The highest BCUT2D eigenvalue weighted by Gasteiger charge is 2.31. The van der Waals surface area contributed by atoms with E-state index in [2.05, 4.69) is 10.6 Å². The van der Waals surface area contributed by atoms with Crippen LogP contribution in [-0.2, 0) is 6.18 Å². The van der Waals surface area contributed by atoms with Crippen LogP contribution >= 0.6 is 0 Å². The molecule has 24 heavy (non-hydrogen) atoms. The summed E-state index contributed by atoms with van der Waals surface area (Å²) in [4.78, 5) is 12.0. The van der Waals surface area contributed by atoms with Crippen LogP contribution in [0.1, 0.15) is 32.8 Å². The van der Waals surface area contributed by atoms with Crippen molar-refractivity contribution in [2.45, 2.75) is 33.4 Å². The van der Waals surface area contributed by atoms with Crippen LogP contribution in [0.25, 0.3) is 0 Å². The highest BCUT2D eigenvalue weighted by molar-refractivity contribution is 5.91. The number of anilines is 1. The summed E-state index contributed by atoms with van der Waals surface area (Å²) in [5.74, 6) is 0.162. The van der Waals surface area contributed by atoms with Gasteiger partial charge in [-0.2, -0.15) is 13.2 Å². The normalized spacial score (nSPS) is 12.0. The zero-order valence-electron chi connectivity index (χ0n) is 14.0. The van der Waals surface area contributed by atoms with Crippen molar-refractivity contribution in [2.24, 2.45) is 5.41 Å². The number of aliphatic hydroxyl groups is 1. The number of hydrogen-bond acceptors (Lipinski definition) is 3. The molecule has 0 bridgehead atoms. The van der Waals surface area contributed by atoms with Crippen LogP contribution in [-0.4, -0.2) is 30.9 Å². The first-order chi connectivity index (χ1) is 11.1. The molecule has 1 rings (SSSR count). The number of carbonyl (C=O) groups excluding carboxylic acids is 1. The van der Waals surface area contributed by atoms with Gasteiger partial charge in [-0.1, -0.05) is 13.8 Å². The fraction of sp³-hybridized carbons (Fsp3) is 0.562. The van der Waals surface area contributed by atoms with Crippen molar-refractivity contribution in [3.8, 4) is 5.75 Å². The van der Waals surface area contributed by atoms with Gasteiger partial charge in [-0.25, -0.2) is 4.79 Å². The van der Waals surface area contributed by atoms with Crippen molar-refractivity contribution in [1.82, 2.24) is 5.32 Å². The molecule has 0 unspecified atom stereocenters. The summed E-state index contributed by atoms with van der Waals surface area (Å²) in [5, 5.41) is 13.9. The summed E-state index contributed by atoms with van der Waals surface area (Å²) in [6.07, 6.45) is -4.03. The molecule has 1 aromatic rings. The van der Waals surface area contributed by atoms with Crippen molar-refractivity contribution < 1.29 is 27.8 Å². The van der Waals surface area contributed by atoms with E-state index in [1.807, 2.05) is 13.8 Å². The first kappa shape index (κ1) is 20.1. The Morgan fingerprint density at radius 3 is 2.50 bits per heavy atom. The number of hydrogen-bond donors (Lipinski definition) is 3. The average Bonchev–Trinajstić information content (AvgIpc) is 2.46. The minimum absolute atomic E-state index is 0.0155. The topological polar surface area (TPSA) is 70.6 Å². The van der Waals surface area contributed by atoms with E-state index >= 15 is 0 Å². The van der Waals surface area contributed by atoms with Gasteiger partial charge in [0, 0.05) is 13.2 Å². The maximum atomic E-state index is 12.8. The van der Waals surface area contributed by atoms with Gasteiger partial charge in [-0.05, 0) is 37.0 Å². The number of benzene rings is 1. The molecule has 5 nitrogen and oxygen atoms in total. The average molecular weight is 348 g/mol. The second-order valence-corrected chi connectivity index (χ2v) is 6.09. The largest absolute Gasteiger partial charge is 0.492 e. The highest BCUT2D eigenvalue weighted by Crippen LogP contribution is 2.35. The predicted molar refractivity (Wildman–Crippen MR) is 85.1 cm³/mol. The molecule has 8 heteroatoms. The van der Waals surface area contributed by atoms with E-state index in [0.717, 1.165) is 12.1 Å². The first-order valence-corrected chi connectivity index (χ1v) is 7.59. The van der Waals surface area contributed by atoms with E-state index in [1.165, 1.54) is 6.07 Å². The second-order valence-electron chi connectivity index (χ2n) is 6.09. The Kier molecular flexibility index (Phi) is 6.89.